The van der Waals surface area contributed by atoms with Crippen LogP contribution >= 0.6 is 0 Å². The number of benzene rings is 5. The summed E-state index contributed by atoms with van der Waals surface area (Å²) in [5.41, 5.74) is 13.6. The van der Waals surface area contributed by atoms with Gasteiger partial charge in [0.1, 0.15) is 5.76 Å². The lowest BCUT2D eigenvalue weighted by atomic mass is 9.78. The minimum atomic E-state index is -0.821. The van der Waals surface area contributed by atoms with Crippen LogP contribution in [0.5, 0.6) is 0 Å². The number of hydrogen-bond donors (Lipinski definition) is 1. The molecule has 5 aromatic rings. The summed E-state index contributed by atoms with van der Waals surface area (Å²) < 4.78 is 0. The number of fused-ring (bicyclic) bond motifs is 4. The van der Waals surface area contributed by atoms with Crippen LogP contribution in [-0.2, 0) is 6.42 Å². The Hall–Kier alpha value is -4.27. The molecule has 200 valence electrons. The molecule has 0 saturated carbocycles. The van der Waals surface area contributed by atoms with Crippen molar-refractivity contribution in [3.8, 4) is 33.4 Å². The fraction of sp³-hybridized carbons (Fsp3) is 0.154. The maximum atomic E-state index is 12.3. The molecule has 1 nitrogen and oxygen atoms in total. The third-order valence-electron chi connectivity index (χ3n) is 9.01. The van der Waals surface area contributed by atoms with Crippen LogP contribution in [0.2, 0.25) is 12.1 Å². The molecule has 5 aromatic carbocycles. The quantitative estimate of drug-likeness (QED) is 0.218. The van der Waals surface area contributed by atoms with Gasteiger partial charge in [0.25, 0.3) is 0 Å². The Morgan fingerprint density at radius 1 is 0.585 bits per heavy atom. The van der Waals surface area contributed by atoms with E-state index in [1.807, 2.05) is 0 Å². The number of rotatable bonds is 5. The van der Waals surface area contributed by atoms with Gasteiger partial charge in [-0.2, -0.15) is 0 Å². The summed E-state index contributed by atoms with van der Waals surface area (Å²) in [6, 6.07) is 46.2. The van der Waals surface area contributed by atoms with E-state index in [0.29, 0.717) is 5.76 Å². The van der Waals surface area contributed by atoms with Gasteiger partial charge in [-0.25, -0.2) is 0 Å². The minimum Gasteiger partial charge on any atom is -0.508 e. The van der Waals surface area contributed by atoms with E-state index in [1.165, 1.54) is 60.8 Å². The van der Waals surface area contributed by atoms with E-state index in [-0.39, 0.29) is 5.92 Å². The second-order valence-corrected chi connectivity index (χ2v) is 14.4. The van der Waals surface area contributed by atoms with Crippen molar-refractivity contribution in [1.29, 1.82) is 0 Å². The van der Waals surface area contributed by atoms with E-state index >= 15 is 0 Å². The molecule has 0 aliphatic heterocycles. The minimum absolute atomic E-state index is 0.0410. The van der Waals surface area contributed by atoms with Crippen LogP contribution in [-0.4, -0.2) is 18.7 Å². The first-order chi connectivity index (χ1) is 20.2. The van der Waals surface area contributed by atoms with Gasteiger partial charge in [-0.05, 0) is 91.4 Å². The summed E-state index contributed by atoms with van der Waals surface area (Å²) >= 11 is 0. The van der Waals surface area contributed by atoms with Crippen molar-refractivity contribution in [3.05, 3.63) is 149 Å². The van der Waals surface area contributed by atoms with Gasteiger partial charge in [0.05, 0.1) is 0 Å². The zero-order valence-corrected chi connectivity index (χ0v) is 24.7. The van der Waals surface area contributed by atoms with Crippen LogP contribution in [0.3, 0.4) is 0 Å². The molecule has 2 aliphatic rings. The van der Waals surface area contributed by atoms with Crippen LogP contribution in [0.15, 0.2) is 127 Å². The summed E-state index contributed by atoms with van der Waals surface area (Å²) in [6.07, 6.45) is 0.863. The maximum Gasteiger partial charge on any atom is 0.119 e. The first-order valence-electron chi connectivity index (χ1n) is 14.8. The molecule has 1 N–H and O–H groups in total. The van der Waals surface area contributed by atoms with E-state index in [9.17, 15) is 5.11 Å². The average molecular weight is 547 g/mol. The standard InChI is InChI=1S/C39H34OSi/c1-3-41(4-2)36-25-30-17-11-12-18-31(30)38(39(36)40)37-34-23-28(26-13-7-5-8-14-26)19-21-32(34)33-22-20-29(24-35(33)37)27-15-9-6-10-16-27/h5-24,37,40H,3-4,25H2,1-2H3. The molecule has 2 heteroatoms. The van der Waals surface area contributed by atoms with Crippen molar-refractivity contribution in [2.24, 2.45) is 0 Å². The first kappa shape index (κ1) is 25.7. The van der Waals surface area contributed by atoms with E-state index in [0.717, 1.165) is 24.1 Å². The zero-order valence-electron chi connectivity index (χ0n) is 23.7. The second-order valence-electron chi connectivity index (χ2n) is 11.2. The largest absolute Gasteiger partial charge is 0.508 e. The van der Waals surface area contributed by atoms with Crippen molar-refractivity contribution >= 4 is 19.2 Å². The van der Waals surface area contributed by atoms with Crippen molar-refractivity contribution in [2.75, 3.05) is 0 Å². The number of aliphatic hydroxyl groups excluding tert-OH is 1. The monoisotopic (exact) mass is 546 g/mol. The predicted octanol–water partition coefficient (Wildman–Crippen LogP) is 9.95. The molecule has 0 fully saturated rings. The highest BCUT2D eigenvalue weighted by Gasteiger charge is 2.37. The normalized spacial score (nSPS) is 14.0. The Labute approximate surface area is 244 Å². The fourth-order valence-corrected chi connectivity index (χ4v) is 9.22. The van der Waals surface area contributed by atoms with Gasteiger partial charge in [0, 0.05) is 19.9 Å². The van der Waals surface area contributed by atoms with Gasteiger partial charge in [0.2, 0.25) is 0 Å². The van der Waals surface area contributed by atoms with Gasteiger partial charge < -0.3 is 5.11 Å². The van der Waals surface area contributed by atoms with Crippen molar-refractivity contribution in [3.63, 3.8) is 0 Å². The Morgan fingerprint density at radius 2 is 1.10 bits per heavy atom. The fourth-order valence-electron chi connectivity index (χ4n) is 6.96. The molecule has 0 heterocycles. The van der Waals surface area contributed by atoms with E-state index in [2.05, 4.69) is 135 Å². The summed E-state index contributed by atoms with van der Waals surface area (Å²) in [5.74, 6) is 0.515. The molecule has 2 aliphatic carbocycles. The van der Waals surface area contributed by atoms with Crippen molar-refractivity contribution in [1.82, 2.24) is 0 Å². The van der Waals surface area contributed by atoms with Gasteiger partial charge in [-0.15, -0.1) is 0 Å². The zero-order chi connectivity index (χ0) is 27.9. The molecule has 7 rings (SSSR count). The summed E-state index contributed by atoms with van der Waals surface area (Å²) in [5, 5.41) is 13.6. The molecule has 0 spiro atoms. The molecule has 0 bridgehead atoms. The van der Waals surface area contributed by atoms with Gasteiger partial charge >= 0.3 is 0 Å². The predicted molar refractivity (Wildman–Crippen MR) is 176 cm³/mol. The van der Waals surface area contributed by atoms with Crippen LogP contribution in [0, 0.1) is 0 Å². The molecular weight excluding hydrogens is 513 g/mol. The SMILES string of the molecule is CC[Si](CC)=C1Cc2ccccc2C(C2c3cc(-c4ccccc4)ccc3-c3ccc(-c4ccccc4)cc32)=C1O. The number of aliphatic hydroxyl groups is 1. The summed E-state index contributed by atoms with van der Waals surface area (Å²) in [7, 11) is -0.821. The summed E-state index contributed by atoms with van der Waals surface area (Å²) in [4.78, 5) is 0. The van der Waals surface area contributed by atoms with Crippen molar-refractivity contribution < 1.29 is 5.11 Å². The maximum absolute atomic E-state index is 12.3. The first-order valence-corrected chi connectivity index (χ1v) is 16.7. The molecule has 0 amide bonds. The molecule has 0 radical (unpaired) electrons. The lowest BCUT2D eigenvalue weighted by Gasteiger charge is -2.29. The highest BCUT2D eigenvalue weighted by molar-refractivity contribution is 6.74. The van der Waals surface area contributed by atoms with Gasteiger partial charge in [-0.1, -0.05) is 123 Å². The average Bonchev–Trinajstić information content (AvgIpc) is 3.35. The van der Waals surface area contributed by atoms with Crippen LogP contribution in [0.25, 0.3) is 39.0 Å². The van der Waals surface area contributed by atoms with Gasteiger partial charge in [0.15, 0.2) is 0 Å². The Balaban J connectivity index is 1.52. The third kappa shape index (κ3) is 4.34. The van der Waals surface area contributed by atoms with Gasteiger partial charge in [-0.3, -0.25) is 0 Å². The van der Waals surface area contributed by atoms with E-state index in [1.54, 1.807) is 0 Å². The highest BCUT2D eigenvalue weighted by atomic mass is 28.2. The van der Waals surface area contributed by atoms with Crippen LogP contribution in [0.1, 0.15) is 42.0 Å². The molecular formula is C39H34OSi. The lowest BCUT2D eigenvalue weighted by molar-refractivity contribution is 0.442. The third-order valence-corrected chi connectivity index (χ3v) is 12.0. The van der Waals surface area contributed by atoms with E-state index in [4.69, 9.17) is 0 Å². The molecule has 41 heavy (non-hydrogen) atoms. The second kappa shape index (κ2) is 10.6. The smallest absolute Gasteiger partial charge is 0.119 e. The van der Waals surface area contributed by atoms with Crippen molar-refractivity contribution in [2.45, 2.75) is 38.3 Å². The Bertz CT molecular complexity index is 1730. The highest BCUT2D eigenvalue weighted by Crippen LogP contribution is 2.54. The molecule has 0 atom stereocenters. The molecule has 0 saturated heterocycles. The lowest BCUT2D eigenvalue weighted by Crippen LogP contribution is -2.26. The Kier molecular flexibility index (Phi) is 6.64. The topological polar surface area (TPSA) is 20.2 Å². The number of hydrogen-bond acceptors (Lipinski definition) is 1. The van der Waals surface area contributed by atoms with Crippen LogP contribution < -0.4 is 0 Å². The molecule has 0 aromatic heterocycles. The Morgan fingerprint density at radius 3 is 1.63 bits per heavy atom. The summed E-state index contributed by atoms with van der Waals surface area (Å²) in [6.45, 7) is 4.58. The van der Waals surface area contributed by atoms with E-state index < -0.39 is 8.41 Å². The van der Waals surface area contributed by atoms with Crippen LogP contribution in [0.4, 0.5) is 0 Å². The number of allylic oxidation sites excluding steroid dienone is 2. The molecule has 0 unspecified atom stereocenters.